The van der Waals surface area contributed by atoms with E-state index in [1.165, 1.54) is 6.07 Å². The van der Waals surface area contributed by atoms with Crippen LogP contribution in [0.25, 0.3) is 0 Å². The zero-order valence-corrected chi connectivity index (χ0v) is 13.7. The van der Waals surface area contributed by atoms with E-state index >= 15 is 0 Å². The molecule has 2 aromatic carbocycles. The molecule has 0 unspecified atom stereocenters. The van der Waals surface area contributed by atoms with Gasteiger partial charge in [-0.15, -0.1) is 0 Å². The molecule has 0 heterocycles. The predicted molar refractivity (Wildman–Crippen MR) is 94.3 cm³/mol. The highest BCUT2D eigenvalue weighted by molar-refractivity contribution is 7.80. The Hall–Kier alpha value is -2.71. The number of nitro groups is 1. The minimum atomic E-state index is -0.604. The number of rotatable bonds is 4. The smallest absolute Gasteiger partial charge is 0.271 e. The van der Waals surface area contributed by atoms with E-state index in [0.717, 1.165) is 17.7 Å². The molecule has 1 amide bonds. The van der Waals surface area contributed by atoms with Crippen LogP contribution in [0.2, 0.25) is 5.02 Å². The van der Waals surface area contributed by atoms with Crippen molar-refractivity contribution in [3.8, 4) is 5.75 Å². The van der Waals surface area contributed by atoms with E-state index in [1.54, 1.807) is 24.3 Å². The van der Waals surface area contributed by atoms with Crippen molar-refractivity contribution in [1.29, 1.82) is 0 Å². The topological polar surface area (TPSA) is 104 Å². The van der Waals surface area contributed by atoms with E-state index in [2.05, 4.69) is 10.6 Å². The number of nitrogens with zero attached hydrogens (tertiary/aromatic N) is 1. The number of non-ortho nitro benzene ring substituents is 1. The average molecular weight is 366 g/mol. The lowest BCUT2D eigenvalue weighted by Crippen LogP contribution is -2.35. The fraction of sp³-hybridized carbons (Fsp3) is 0.0667. The number of phenolic OH excluding ortho intramolecular Hbond substituents is 1. The summed E-state index contributed by atoms with van der Waals surface area (Å²) in [6.07, 6.45) is 0.0832. The van der Waals surface area contributed by atoms with E-state index < -0.39 is 4.92 Å². The van der Waals surface area contributed by atoms with Crippen LogP contribution in [0.5, 0.6) is 5.75 Å². The number of carbonyl (C=O) groups excluding carboxylic acids is 1. The third kappa shape index (κ3) is 4.90. The molecule has 0 radical (unpaired) electrons. The lowest BCUT2D eigenvalue weighted by atomic mass is 10.1. The number of hydrogen-bond acceptors (Lipinski definition) is 5. The first-order valence-corrected chi connectivity index (χ1v) is 7.46. The second kappa shape index (κ2) is 7.71. The van der Waals surface area contributed by atoms with Crippen LogP contribution < -0.4 is 10.6 Å². The third-order valence-corrected chi connectivity index (χ3v) is 3.43. The maximum Gasteiger partial charge on any atom is 0.271 e. The standard InChI is InChI=1S/C15H12ClN3O4S/c16-10-3-1-9(2-4-10)7-14(21)18-15(24)17-12-8-11(19(22)23)5-6-13(12)20/h1-6,8,20H,7H2,(H2,17,18,21,24). The second-order valence-electron chi connectivity index (χ2n) is 4.76. The lowest BCUT2D eigenvalue weighted by molar-refractivity contribution is -0.384. The normalized spacial score (nSPS) is 10.0. The van der Waals surface area contributed by atoms with Gasteiger partial charge in [0.15, 0.2) is 5.11 Å². The van der Waals surface area contributed by atoms with Crippen molar-refractivity contribution >= 4 is 46.2 Å². The minimum absolute atomic E-state index is 0.0287. The van der Waals surface area contributed by atoms with Gasteiger partial charge in [0.1, 0.15) is 5.75 Å². The van der Waals surface area contributed by atoms with E-state index in [1.807, 2.05) is 0 Å². The number of halogens is 1. The number of thiocarbonyl (C=S) groups is 1. The summed E-state index contributed by atoms with van der Waals surface area (Å²) in [5.41, 5.74) is 0.560. The van der Waals surface area contributed by atoms with Gasteiger partial charge in [-0.05, 0) is 36.0 Å². The van der Waals surface area contributed by atoms with Crippen molar-refractivity contribution in [2.75, 3.05) is 5.32 Å². The highest BCUT2D eigenvalue weighted by Crippen LogP contribution is 2.27. The van der Waals surface area contributed by atoms with Crippen molar-refractivity contribution in [3.05, 3.63) is 63.2 Å². The van der Waals surface area contributed by atoms with Gasteiger partial charge in [-0.1, -0.05) is 23.7 Å². The van der Waals surface area contributed by atoms with Gasteiger partial charge in [0, 0.05) is 17.2 Å². The fourth-order valence-electron chi connectivity index (χ4n) is 1.85. The summed E-state index contributed by atoms with van der Waals surface area (Å²) in [6.45, 7) is 0. The number of hydrogen-bond donors (Lipinski definition) is 3. The van der Waals surface area contributed by atoms with E-state index in [-0.39, 0.29) is 34.6 Å². The number of aromatic hydroxyl groups is 1. The molecule has 24 heavy (non-hydrogen) atoms. The van der Waals surface area contributed by atoms with Crippen LogP contribution >= 0.6 is 23.8 Å². The van der Waals surface area contributed by atoms with Crippen LogP contribution in [0, 0.1) is 10.1 Å². The van der Waals surface area contributed by atoms with Crippen molar-refractivity contribution in [1.82, 2.24) is 5.32 Å². The number of carbonyl (C=O) groups is 1. The number of phenols is 1. The largest absolute Gasteiger partial charge is 0.506 e. The monoisotopic (exact) mass is 365 g/mol. The molecule has 0 bridgehead atoms. The SMILES string of the molecule is O=C(Cc1ccc(Cl)cc1)NC(=S)Nc1cc([N+](=O)[O-])ccc1O. The van der Waals surface area contributed by atoms with Crippen molar-refractivity contribution in [3.63, 3.8) is 0 Å². The van der Waals surface area contributed by atoms with E-state index in [4.69, 9.17) is 23.8 Å². The maximum absolute atomic E-state index is 11.9. The van der Waals surface area contributed by atoms with Crippen molar-refractivity contribution in [2.45, 2.75) is 6.42 Å². The number of nitro benzene ring substituents is 1. The van der Waals surface area contributed by atoms with Gasteiger partial charge in [0.05, 0.1) is 17.0 Å². The van der Waals surface area contributed by atoms with Gasteiger partial charge in [-0.3, -0.25) is 14.9 Å². The van der Waals surface area contributed by atoms with Crippen LogP contribution in [-0.2, 0) is 11.2 Å². The summed E-state index contributed by atoms with van der Waals surface area (Å²) < 4.78 is 0. The number of nitrogens with one attached hydrogen (secondary N) is 2. The number of anilines is 1. The van der Waals surface area contributed by atoms with Crippen LogP contribution in [0.4, 0.5) is 11.4 Å². The Bertz CT molecular complexity index is 796. The third-order valence-electron chi connectivity index (χ3n) is 2.97. The molecule has 0 spiro atoms. The fourth-order valence-corrected chi connectivity index (χ4v) is 2.20. The first-order valence-electron chi connectivity index (χ1n) is 6.68. The second-order valence-corrected chi connectivity index (χ2v) is 5.61. The van der Waals surface area contributed by atoms with Gasteiger partial charge in [-0.2, -0.15) is 0 Å². The molecule has 0 aromatic heterocycles. The molecule has 0 saturated carbocycles. The minimum Gasteiger partial charge on any atom is -0.506 e. The summed E-state index contributed by atoms with van der Waals surface area (Å²) in [7, 11) is 0. The van der Waals surface area contributed by atoms with Gasteiger partial charge in [-0.25, -0.2) is 0 Å². The first kappa shape index (κ1) is 17.6. The zero-order chi connectivity index (χ0) is 17.7. The number of benzene rings is 2. The van der Waals surface area contributed by atoms with Crippen LogP contribution in [-0.4, -0.2) is 21.0 Å². The highest BCUT2D eigenvalue weighted by Gasteiger charge is 2.12. The Kier molecular flexibility index (Phi) is 5.67. The average Bonchev–Trinajstić information content (AvgIpc) is 2.51. The summed E-state index contributed by atoms with van der Waals surface area (Å²) in [5.74, 6) is -0.602. The molecule has 7 nitrogen and oxygen atoms in total. The Morgan fingerprint density at radius 3 is 2.54 bits per heavy atom. The summed E-state index contributed by atoms with van der Waals surface area (Å²) in [5, 5.41) is 25.9. The van der Waals surface area contributed by atoms with Crippen LogP contribution in [0.3, 0.4) is 0 Å². The van der Waals surface area contributed by atoms with Gasteiger partial charge in [0.25, 0.3) is 5.69 Å². The molecular formula is C15H12ClN3O4S. The molecule has 0 atom stereocenters. The Morgan fingerprint density at radius 2 is 1.92 bits per heavy atom. The summed E-state index contributed by atoms with van der Waals surface area (Å²) in [6, 6.07) is 10.2. The summed E-state index contributed by atoms with van der Waals surface area (Å²) >= 11 is 10.7. The quantitative estimate of drug-likeness (QED) is 0.333. The maximum atomic E-state index is 11.9. The lowest BCUT2D eigenvalue weighted by Gasteiger charge is -2.11. The molecule has 124 valence electrons. The van der Waals surface area contributed by atoms with E-state index in [0.29, 0.717) is 5.02 Å². The summed E-state index contributed by atoms with van der Waals surface area (Å²) in [4.78, 5) is 22.1. The molecule has 3 N–H and O–H groups in total. The highest BCUT2D eigenvalue weighted by atomic mass is 35.5. The molecule has 0 fully saturated rings. The van der Waals surface area contributed by atoms with Crippen molar-refractivity contribution < 1.29 is 14.8 Å². The Labute approximate surface area is 147 Å². The molecule has 0 aliphatic rings. The Balaban J connectivity index is 1.97. The molecular weight excluding hydrogens is 354 g/mol. The van der Waals surface area contributed by atoms with Crippen LogP contribution in [0.1, 0.15) is 5.56 Å². The molecule has 0 aliphatic heterocycles. The van der Waals surface area contributed by atoms with Crippen LogP contribution in [0.15, 0.2) is 42.5 Å². The van der Waals surface area contributed by atoms with Gasteiger partial charge < -0.3 is 15.7 Å². The first-order chi connectivity index (χ1) is 11.3. The number of amides is 1. The molecule has 0 saturated heterocycles. The van der Waals surface area contributed by atoms with E-state index in [9.17, 15) is 20.0 Å². The molecule has 0 aliphatic carbocycles. The Morgan fingerprint density at radius 1 is 1.25 bits per heavy atom. The molecule has 2 aromatic rings. The van der Waals surface area contributed by atoms with Gasteiger partial charge >= 0.3 is 0 Å². The van der Waals surface area contributed by atoms with Crippen molar-refractivity contribution in [2.24, 2.45) is 0 Å². The predicted octanol–water partition coefficient (Wildman–Crippen LogP) is 3.01. The molecule has 2 rings (SSSR count). The zero-order valence-electron chi connectivity index (χ0n) is 12.2. The molecule has 9 heteroatoms. The van der Waals surface area contributed by atoms with Gasteiger partial charge in [0.2, 0.25) is 5.91 Å².